The van der Waals surface area contributed by atoms with Gasteiger partial charge in [-0.05, 0) is 19.3 Å². The Hall–Kier alpha value is -0.600. The first-order valence-electron chi connectivity index (χ1n) is 7.57. The molecule has 1 rings (SSSR count). The van der Waals surface area contributed by atoms with Crippen LogP contribution in [0.15, 0.2) is 0 Å². The van der Waals surface area contributed by atoms with E-state index < -0.39 is 12.3 Å². The number of halogens is 1. The van der Waals surface area contributed by atoms with Gasteiger partial charge in [-0.15, -0.1) is 0 Å². The molecule has 0 heterocycles. The third-order valence-corrected chi connectivity index (χ3v) is 3.69. The molecule has 0 amide bonds. The molecule has 0 N–H and O–H groups in total. The summed E-state index contributed by atoms with van der Waals surface area (Å²) in [5, 5.41) is 0. The van der Waals surface area contributed by atoms with E-state index in [4.69, 9.17) is 4.74 Å². The molecule has 1 aliphatic carbocycles. The fourth-order valence-corrected chi connectivity index (χ4v) is 2.50. The van der Waals surface area contributed by atoms with E-state index in [2.05, 4.69) is 0 Å². The predicted molar refractivity (Wildman–Crippen MR) is 71.2 cm³/mol. The molecule has 3 heteroatoms. The quantitative estimate of drug-likeness (QED) is 0.679. The molecule has 1 unspecified atom stereocenters. The Kier molecular flexibility index (Phi) is 8.03. The SMILES string of the molecule is CCC(=O)OC1CCCCCCCCCC[C@@H]1F. The first-order chi connectivity index (χ1) is 8.74. The Morgan fingerprint density at radius 3 is 2.06 bits per heavy atom. The summed E-state index contributed by atoms with van der Waals surface area (Å²) in [6.07, 6.45) is 9.24. The van der Waals surface area contributed by atoms with Crippen LogP contribution in [0.4, 0.5) is 4.39 Å². The highest BCUT2D eigenvalue weighted by Gasteiger charge is 2.24. The molecule has 0 spiro atoms. The number of hydrogen-bond donors (Lipinski definition) is 0. The van der Waals surface area contributed by atoms with Crippen LogP contribution in [0.2, 0.25) is 0 Å². The molecule has 0 aromatic carbocycles. The second-order valence-corrected chi connectivity index (χ2v) is 5.30. The molecule has 0 aliphatic heterocycles. The van der Waals surface area contributed by atoms with Crippen molar-refractivity contribution in [2.45, 2.75) is 89.8 Å². The van der Waals surface area contributed by atoms with E-state index in [-0.39, 0.29) is 5.97 Å². The van der Waals surface area contributed by atoms with Crippen molar-refractivity contribution in [2.75, 3.05) is 0 Å². The monoisotopic (exact) mass is 258 g/mol. The van der Waals surface area contributed by atoms with Gasteiger partial charge >= 0.3 is 5.97 Å². The molecule has 0 radical (unpaired) electrons. The van der Waals surface area contributed by atoms with E-state index in [1.165, 1.54) is 25.7 Å². The Bertz CT molecular complexity index is 231. The third kappa shape index (κ3) is 6.36. The maximum Gasteiger partial charge on any atom is 0.305 e. The number of hydrogen-bond acceptors (Lipinski definition) is 2. The molecule has 1 fully saturated rings. The largest absolute Gasteiger partial charge is 0.459 e. The van der Waals surface area contributed by atoms with Gasteiger partial charge in [0.05, 0.1) is 0 Å². The van der Waals surface area contributed by atoms with Crippen molar-refractivity contribution in [3.8, 4) is 0 Å². The molecule has 2 nitrogen and oxygen atoms in total. The van der Waals surface area contributed by atoms with E-state index in [1.54, 1.807) is 6.92 Å². The van der Waals surface area contributed by atoms with Crippen molar-refractivity contribution in [2.24, 2.45) is 0 Å². The van der Waals surface area contributed by atoms with Gasteiger partial charge in [-0.25, -0.2) is 4.39 Å². The van der Waals surface area contributed by atoms with E-state index in [0.717, 1.165) is 25.7 Å². The van der Waals surface area contributed by atoms with Crippen LogP contribution in [-0.4, -0.2) is 18.2 Å². The van der Waals surface area contributed by atoms with Gasteiger partial charge < -0.3 is 4.74 Å². The summed E-state index contributed by atoms with van der Waals surface area (Å²) in [6, 6.07) is 0. The lowest BCUT2D eigenvalue weighted by atomic mass is 9.98. The smallest absolute Gasteiger partial charge is 0.305 e. The van der Waals surface area contributed by atoms with Crippen molar-refractivity contribution in [1.29, 1.82) is 0 Å². The zero-order valence-electron chi connectivity index (χ0n) is 11.6. The average Bonchev–Trinajstić information content (AvgIpc) is 2.37. The molecule has 0 aromatic heterocycles. The van der Waals surface area contributed by atoms with Crippen LogP contribution < -0.4 is 0 Å². The molecule has 18 heavy (non-hydrogen) atoms. The number of alkyl halides is 1. The van der Waals surface area contributed by atoms with E-state index >= 15 is 0 Å². The Labute approximate surface area is 110 Å². The van der Waals surface area contributed by atoms with Crippen molar-refractivity contribution in [3.05, 3.63) is 0 Å². The van der Waals surface area contributed by atoms with E-state index in [9.17, 15) is 9.18 Å². The van der Waals surface area contributed by atoms with E-state index in [1.807, 2.05) is 0 Å². The molecule has 0 bridgehead atoms. The summed E-state index contributed by atoms with van der Waals surface area (Å²) in [6.45, 7) is 1.75. The van der Waals surface area contributed by atoms with Gasteiger partial charge in [0, 0.05) is 6.42 Å². The Morgan fingerprint density at radius 1 is 1.00 bits per heavy atom. The molecule has 1 saturated carbocycles. The van der Waals surface area contributed by atoms with Crippen molar-refractivity contribution in [3.63, 3.8) is 0 Å². The lowest BCUT2D eigenvalue weighted by Crippen LogP contribution is -2.28. The van der Waals surface area contributed by atoms with Gasteiger partial charge in [-0.3, -0.25) is 4.79 Å². The summed E-state index contributed by atoms with van der Waals surface area (Å²) >= 11 is 0. The lowest BCUT2D eigenvalue weighted by Gasteiger charge is -2.22. The summed E-state index contributed by atoms with van der Waals surface area (Å²) in [5.41, 5.74) is 0. The normalized spacial score (nSPS) is 27.9. The highest BCUT2D eigenvalue weighted by atomic mass is 19.1. The molecule has 1 aliphatic rings. The lowest BCUT2D eigenvalue weighted by molar-refractivity contribution is -0.152. The molecule has 106 valence electrons. The summed E-state index contributed by atoms with van der Waals surface area (Å²) in [4.78, 5) is 11.3. The number of carbonyl (C=O) groups excluding carboxylic acids is 1. The molecule has 0 saturated heterocycles. The predicted octanol–water partition coefficient (Wildman–Crippen LogP) is 4.56. The maximum atomic E-state index is 14.1. The van der Waals surface area contributed by atoms with Crippen molar-refractivity contribution < 1.29 is 13.9 Å². The summed E-state index contributed by atoms with van der Waals surface area (Å²) < 4.78 is 19.3. The zero-order chi connectivity index (χ0) is 13.2. The van der Waals surface area contributed by atoms with Crippen LogP contribution in [-0.2, 0) is 9.53 Å². The molecular weight excluding hydrogens is 231 g/mol. The first kappa shape index (κ1) is 15.5. The topological polar surface area (TPSA) is 26.3 Å². The second kappa shape index (κ2) is 9.35. The van der Waals surface area contributed by atoms with Crippen molar-refractivity contribution >= 4 is 5.97 Å². The van der Waals surface area contributed by atoms with Crippen LogP contribution in [0.1, 0.15) is 77.6 Å². The highest BCUT2D eigenvalue weighted by Crippen LogP contribution is 2.21. The zero-order valence-corrected chi connectivity index (χ0v) is 11.6. The summed E-state index contributed by atoms with van der Waals surface area (Å²) in [5.74, 6) is -0.269. The van der Waals surface area contributed by atoms with Gasteiger partial charge in [0.15, 0.2) is 0 Å². The van der Waals surface area contributed by atoms with Crippen molar-refractivity contribution in [1.82, 2.24) is 0 Å². The minimum absolute atomic E-state index is 0.269. The number of ether oxygens (including phenoxy) is 1. The number of carbonyl (C=O) groups is 1. The first-order valence-corrected chi connectivity index (χ1v) is 7.57. The van der Waals surface area contributed by atoms with E-state index in [0.29, 0.717) is 19.3 Å². The fourth-order valence-electron chi connectivity index (χ4n) is 2.50. The fraction of sp³-hybridized carbons (Fsp3) is 0.933. The van der Waals surface area contributed by atoms with Gasteiger partial charge in [0.1, 0.15) is 12.3 Å². The Morgan fingerprint density at radius 2 is 1.50 bits per heavy atom. The van der Waals surface area contributed by atoms with Gasteiger partial charge in [0.25, 0.3) is 0 Å². The minimum atomic E-state index is -0.972. The molecule has 0 aromatic rings. The second-order valence-electron chi connectivity index (χ2n) is 5.30. The number of rotatable bonds is 2. The van der Waals surface area contributed by atoms with Crippen LogP contribution in [0.25, 0.3) is 0 Å². The van der Waals surface area contributed by atoms with Gasteiger partial charge in [-0.2, -0.15) is 0 Å². The minimum Gasteiger partial charge on any atom is -0.459 e. The van der Waals surface area contributed by atoms with Gasteiger partial charge in [-0.1, -0.05) is 51.9 Å². The van der Waals surface area contributed by atoms with Crippen LogP contribution in [0.3, 0.4) is 0 Å². The van der Waals surface area contributed by atoms with Gasteiger partial charge in [0.2, 0.25) is 0 Å². The standard InChI is InChI=1S/C15H27FO2/c1-2-15(17)18-14-12-10-8-6-4-3-5-7-9-11-13(14)16/h13-14H,2-12H2,1H3/t13-,14?/m0/s1. The molecule has 2 atom stereocenters. The summed E-state index contributed by atoms with van der Waals surface area (Å²) in [7, 11) is 0. The van der Waals surface area contributed by atoms with Crippen LogP contribution in [0, 0.1) is 0 Å². The average molecular weight is 258 g/mol. The molecular formula is C15H27FO2. The van der Waals surface area contributed by atoms with Crippen LogP contribution in [0.5, 0.6) is 0 Å². The Balaban J connectivity index is 2.44. The highest BCUT2D eigenvalue weighted by molar-refractivity contribution is 5.69. The maximum absolute atomic E-state index is 14.1. The third-order valence-electron chi connectivity index (χ3n) is 3.69. The van der Waals surface area contributed by atoms with Crippen LogP contribution >= 0.6 is 0 Å². The number of esters is 1.